The normalized spacial score (nSPS) is 24.3. The standard InChI is InChI=1S/C36H47N5O4/c1-36(2,3)39-35(45)31-24-40(22-26-12-9-15-37-21-26)16-17-41(31)23-29(42)19-28(18-25-10-5-4-6-11-25)34(44)38-33-30-14-8-7-13-27(30)20-32(33)43/h4-15,21,28-29,31-33,42-43H,16-20,22-24H2,1-3H3,(H,38,44)(H,39,45)/p+2/t28-,29+,31+,32-,33+/m1/s1. The molecule has 0 spiro atoms. The van der Waals surface area contributed by atoms with E-state index >= 15 is 0 Å². The monoisotopic (exact) mass is 615 g/mol. The van der Waals surface area contributed by atoms with E-state index in [-0.39, 0.29) is 29.8 Å². The number of carbonyl (C=O) groups is 2. The van der Waals surface area contributed by atoms with E-state index in [1.54, 1.807) is 6.20 Å². The largest absolute Gasteiger partial charge is 0.390 e. The van der Waals surface area contributed by atoms with Gasteiger partial charge in [-0.1, -0.05) is 60.7 Å². The van der Waals surface area contributed by atoms with E-state index in [2.05, 4.69) is 21.7 Å². The second kappa shape index (κ2) is 14.6. The predicted molar refractivity (Wildman–Crippen MR) is 172 cm³/mol. The summed E-state index contributed by atoms with van der Waals surface area (Å²) in [4.78, 5) is 34.0. The number of benzene rings is 2. The van der Waals surface area contributed by atoms with E-state index in [1.165, 1.54) is 4.90 Å². The van der Waals surface area contributed by atoms with Gasteiger partial charge in [-0.05, 0) is 56.4 Å². The summed E-state index contributed by atoms with van der Waals surface area (Å²) in [7, 11) is 0. The fourth-order valence-corrected chi connectivity index (χ4v) is 6.89. The minimum absolute atomic E-state index is 0.0134. The molecule has 1 saturated heterocycles. The predicted octanol–water partition coefficient (Wildman–Crippen LogP) is 0.0327. The second-order valence-electron chi connectivity index (χ2n) is 13.9. The van der Waals surface area contributed by atoms with Gasteiger partial charge < -0.3 is 30.6 Å². The minimum atomic E-state index is -0.787. The molecule has 7 atom stereocenters. The zero-order valence-electron chi connectivity index (χ0n) is 26.7. The number of hydrogen-bond acceptors (Lipinski definition) is 5. The highest BCUT2D eigenvalue weighted by molar-refractivity contribution is 5.81. The van der Waals surface area contributed by atoms with E-state index in [1.807, 2.05) is 87.6 Å². The molecule has 0 radical (unpaired) electrons. The van der Waals surface area contributed by atoms with Crippen LogP contribution in [0.3, 0.4) is 0 Å². The van der Waals surface area contributed by atoms with Crippen LogP contribution < -0.4 is 20.4 Å². The number of pyridine rings is 1. The molecule has 1 aliphatic carbocycles. The topological polar surface area (TPSA) is 120 Å². The zero-order chi connectivity index (χ0) is 32.0. The van der Waals surface area contributed by atoms with Gasteiger partial charge in [-0.3, -0.25) is 14.6 Å². The highest BCUT2D eigenvalue weighted by Gasteiger charge is 2.41. The maximum Gasteiger partial charge on any atom is 0.284 e. The maximum atomic E-state index is 13.8. The van der Waals surface area contributed by atoms with Crippen molar-refractivity contribution in [1.82, 2.24) is 15.6 Å². The number of amides is 2. The Morgan fingerprint density at radius 2 is 1.73 bits per heavy atom. The number of aliphatic hydroxyl groups is 2. The fourth-order valence-electron chi connectivity index (χ4n) is 6.89. The van der Waals surface area contributed by atoms with Crippen molar-refractivity contribution < 1.29 is 29.6 Å². The number of fused-ring (bicyclic) bond motifs is 1. The lowest BCUT2D eigenvalue weighted by Gasteiger charge is -2.37. The molecule has 3 aromatic rings. The van der Waals surface area contributed by atoms with Gasteiger partial charge in [0.05, 0.1) is 12.1 Å². The van der Waals surface area contributed by atoms with Crippen molar-refractivity contribution in [3.63, 3.8) is 0 Å². The van der Waals surface area contributed by atoms with Crippen molar-refractivity contribution in [1.29, 1.82) is 0 Å². The molecule has 240 valence electrons. The summed E-state index contributed by atoms with van der Waals surface area (Å²) in [5, 5.41) is 28.6. The Balaban J connectivity index is 1.29. The van der Waals surface area contributed by atoms with Crippen LogP contribution in [0.4, 0.5) is 0 Å². The van der Waals surface area contributed by atoms with Crippen LogP contribution in [-0.2, 0) is 29.0 Å². The molecule has 6 N–H and O–H groups in total. The molecule has 1 aliphatic heterocycles. The molecular formula is C36H49N5O4+2. The number of carbonyl (C=O) groups excluding carboxylic acids is 2. The van der Waals surface area contributed by atoms with Crippen LogP contribution in [0.1, 0.15) is 55.5 Å². The van der Waals surface area contributed by atoms with Crippen LogP contribution >= 0.6 is 0 Å². The summed E-state index contributed by atoms with van der Waals surface area (Å²) in [6.45, 7) is 9.34. The first-order chi connectivity index (χ1) is 21.6. The van der Waals surface area contributed by atoms with Crippen LogP contribution in [0, 0.1) is 5.92 Å². The Bertz CT molecular complexity index is 1410. The average molecular weight is 616 g/mol. The fraction of sp³-hybridized carbons (Fsp3) is 0.472. The molecule has 45 heavy (non-hydrogen) atoms. The number of quaternary nitrogens is 2. The number of rotatable bonds is 11. The number of nitrogens with zero attached hydrogens (tertiary/aromatic N) is 1. The first kappa shape index (κ1) is 32.8. The molecule has 1 fully saturated rings. The maximum absolute atomic E-state index is 13.8. The lowest BCUT2D eigenvalue weighted by Crippen LogP contribution is -3.31. The van der Waals surface area contributed by atoms with Gasteiger partial charge >= 0.3 is 0 Å². The van der Waals surface area contributed by atoms with Crippen molar-refractivity contribution in [3.05, 3.63) is 101 Å². The van der Waals surface area contributed by atoms with Crippen LogP contribution in [0.2, 0.25) is 0 Å². The minimum Gasteiger partial charge on any atom is -0.390 e. The Morgan fingerprint density at radius 1 is 1.00 bits per heavy atom. The van der Waals surface area contributed by atoms with Gasteiger partial charge in [-0.2, -0.15) is 0 Å². The lowest BCUT2D eigenvalue weighted by molar-refractivity contribution is -1.03. The van der Waals surface area contributed by atoms with Gasteiger partial charge in [-0.15, -0.1) is 0 Å². The van der Waals surface area contributed by atoms with Crippen LogP contribution in [-0.4, -0.2) is 77.0 Å². The summed E-state index contributed by atoms with van der Waals surface area (Å²) in [5.41, 5.74) is 3.77. The van der Waals surface area contributed by atoms with E-state index in [9.17, 15) is 19.8 Å². The summed E-state index contributed by atoms with van der Waals surface area (Å²) in [5.74, 6) is -0.692. The molecule has 1 aromatic heterocycles. The molecule has 2 unspecified atom stereocenters. The number of hydrogen-bond donors (Lipinski definition) is 6. The molecular weight excluding hydrogens is 566 g/mol. The molecule has 9 nitrogen and oxygen atoms in total. The first-order valence-corrected chi connectivity index (χ1v) is 16.2. The molecule has 2 amide bonds. The number of aromatic nitrogens is 1. The van der Waals surface area contributed by atoms with E-state index in [4.69, 9.17) is 0 Å². The summed E-state index contributed by atoms with van der Waals surface area (Å²) < 4.78 is 0. The molecule has 0 saturated carbocycles. The second-order valence-corrected chi connectivity index (χ2v) is 13.9. The molecule has 2 aliphatic rings. The van der Waals surface area contributed by atoms with Gasteiger partial charge in [0.25, 0.3) is 5.91 Å². The highest BCUT2D eigenvalue weighted by atomic mass is 16.3. The lowest BCUT2D eigenvalue weighted by atomic mass is 9.91. The SMILES string of the molecule is CC(C)(C)NC(=O)[C@@H]1C[NH+](Cc2cccnc2)CC[NH+]1C[C@@H](O)C[C@@H](Cc1ccccc1)C(=O)N[C@H]1c2ccccc2C[C@H]1O. The summed E-state index contributed by atoms with van der Waals surface area (Å²) in [6, 6.07) is 20.9. The van der Waals surface area contributed by atoms with Gasteiger partial charge in [0.2, 0.25) is 11.9 Å². The van der Waals surface area contributed by atoms with Crippen molar-refractivity contribution >= 4 is 11.8 Å². The molecule has 2 heterocycles. The van der Waals surface area contributed by atoms with Gasteiger partial charge in [0.15, 0.2) is 0 Å². The Morgan fingerprint density at radius 3 is 2.47 bits per heavy atom. The molecule has 5 rings (SSSR count). The van der Waals surface area contributed by atoms with Crippen molar-refractivity contribution in [3.8, 4) is 0 Å². The summed E-state index contributed by atoms with van der Waals surface area (Å²) in [6.07, 6.45) is 3.40. The molecule has 2 aromatic carbocycles. The Hall–Kier alpha value is -3.63. The third kappa shape index (κ3) is 8.98. The number of nitrogens with one attached hydrogen (secondary N) is 4. The highest BCUT2D eigenvalue weighted by Crippen LogP contribution is 2.32. The molecule has 9 heteroatoms. The Labute approximate surface area is 266 Å². The summed E-state index contributed by atoms with van der Waals surface area (Å²) >= 11 is 0. The van der Waals surface area contributed by atoms with E-state index in [0.29, 0.717) is 25.9 Å². The van der Waals surface area contributed by atoms with Crippen molar-refractivity contribution in [2.75, 3.05) is 26.2 Å². The van der Waals surface area contributed by atoms with Gasteiger partial charge in [0, 0.05) is 35.8 Å². The third-order valence-corrected chi connectivity index (χ3v) is 9.03. The number of aliphatic hydroxyl groups excluding tert-OH is 2. The van der Waals surface area contributed by atoms with Gasteiger partial charge in [-0.25, -0.2) is 0 Å². The third-order valence-electron chi connectivity index (χ3n) is 9.03. The van der Waals surface area contributed by atoms with Crippen LogP contribution in [0.5, 0.6) is 0 Å². The average Bonchev–Trinajstić information content (AvgIpc) is 3.32. The van der Waals surface area contributed by atoms with Gasteiger partial charge in [0.1, 0.15) is 38.8 Å². The van der Waals surface area contributed by atoms with Crippen LogP contribution in [0.15, 0.2) is 79.1 Å². The van der Waals surface area contributed by atoms with Crippen molar-refractivity contribution in [2.24, 2.45) is 5.92 Å². The Kier molecular flexibility index (Phi) is 10.7. The van der Waals surface area contributed by atoms with Crippen molar-refractivity contribution in [2.45, 2.75) is 76.4 Å². The smallest absolute Gasteiger partial charge is 0.284 e. The first-order valence-electron chi connectivity index (χ1n) is 16.2. The van der Waals surface area contributed by atoms with E-state index < -0.39 is 24.2 Å². The quantitative estimate of drug-likeness (QED) is 0.182. The number of piperazine rings is 1. The van der Waals surface area contributed by atoms with E-state index in [0.717, 1.165) is 46.8 Å². The van der Waals surface area contributed by atoms with Crippen LogP contribution in [0.25, 0.3) is 0 Å². The molecule has 0 bridgehead atoms. The zero-order valence-corrected chi connectivity index (χ0v) is 26.7.